The van der Waals surface area contributed by atoms with Crippen LogP contribution in [-0.4, -0.2) is 37.9 Å². The Morgan fingerprint density at radius 3 is 2.96 bits per heavy atom. The van der Waals surface area contributed by atoms with Crippen LogP contribution in [0.3, 0.4) is 0 Å². The molecule has 0 aliphatic carbocycles. The van der Waals surface area contributed by atoms with Gasteiger partial charge in [-0.1, -0.05) is 6.07 Å². The summed E-state index contributed by atoms with van der Waals surface area (Å²) in [6.45, 7) is 4.66. The van der Waals surface area contributed by atoms with E-state index in [4.69, 9.17) is 15.0 Å². The molecule has 24 heavy (non-hydrogen) atoms. The van der Waals surface area contributed by atoms with Crippen molar-refractivity contribution in [3.8, 4) is 0 Å². The van der Waals surface area contributed by atoms with Gasteiger partial charge in [0.1, 0.15) is 0 Å². The van der Waals surface area contributed by atoms with Gasteiger partial charge in [-0.2, -0.15) is 0 Å². The quantitative estimate of drug-likeness (QED) is 0.345. The minimum atomic E-state index is -0.814. The van der Waals surface area contributed by atoms with Crippen LogP contribution in [0, 0.1) is 5.92 Å². The van der Waals surface area contributed by atoms with Crippen LogP contribution in [0.4, 0.5) is 5.69 Å². The van der Waals surface area contributed by atoms with Crippen molar-refractivity contribution >= 4 is 17.6 Å². The smallest absolute Gasteiger partial charge is 0.338 e. The molecule has 1 saturated heterocycles. The topological polar surface area (TPSA) is 105 Å². The first-order valence-electron chi connectivity index (χ1n) is 7.78. The number of hydrogen-bond acceptors (Lipinski definition) is 6. The molecule has 0 aromatic heterocycles. The average molecular weight is 332 g/mol. The van der Waals surface area contributed by atoms with Crippen molar-refractivity contribution in [2.75, 3.05) is 24.6 Å². The zero-order chi connectivity index (χ0) is 17.5. The fourth-order valence-electron chi connectivity index (χ4n) is 2.73. The minimum Gasteiger partial charge on any atom is -0.462 e. The second-order valence-corrected chi connectivity index (χ2v) is 5.47. The lowest BCUT2D eigenvalue weighted by molar-refractivity contribution is -0.148. The van der Waals surface area contributed by atoms with E-state index in [2.05, 4.69) is 14.9 Å². The second kappa shape index (κ2) is 8.21. The Bertz CT molecular complexity index is 657. The molecule has 0 N–H and O–H groups in total. The maximum absolute atomic E-state index is 11.8. The van der Waals surface area contributed by atoms with Crippen LogP contribution in [0.5, 0.6) is 0 Å². The lowest BCUT2D eigenvalue weighted by Gasteiger charge is -2.21. The Labute approximate surface area is 140 Å². The molecule has 0 spiro atoms. The number of carbonyl (C=O) groups excluding carboxylic acids is 2. The Balaban J connectivity index is 2.09. The highest BCUT2D eigenvalue weighted by Crippen LogP contribution is 2.28. The van der Waals surface area contributed by atoms with Gasteiger partial charge in [-0.25, -0.2) is 4.79 Å². The van der Waals surface area contributed by atoms with E-state index >= 15 is 0 Å². The summed E-state index contributed by atoms with van der Waals surface area (Å²) in [5.41, 5.74) is 10.0. The maximum Gasteiger partial charge on any atom is 0.338 e. The van der Waals surface area contributed by atoms with E-state index in [0.717, 1.165) is 18.7 Å². The Kier molecular flexibility index (Phi) is 6.03. The van der Waals surface area contributed by atoms with Crippen molar-refractivity contribution in [2.45, 2.75) is 26.5 Å². The van der Waals surface area contributed by atoms with Crippen LogP contribution in [0.2, 0.25) is 0 Å². The summed E-state index contributed by atoms with van der Waals surface area (Å²) in [4.78, 5) is 27.8. The zero-order valence-electron chi connectivity index (χ0n) is 13.7. The lowest BCUT2D eigenvalue weighted by atomic mass is 10.1. The van der Waals surface area contributed by atoms with Crippen molar-refractivity contribution in [2.24, 2.45) is 11.0 Å². The number of carbonyl (C=O) groups is 2. The first kappa shape index (κ1) is 17.6. The summed E-state index contributed by atoms with van der Waals surface area (Å²) in [6.07, 6.45) is -0.0913. The van der Waals surface area contributed by atoms with E-state index in [1.54, 1.807) is 25.1 Å². The molecule has 0 bridgehead atoms. The van der Waals surface area contributed by atoms with Crippen molar-refractivity contribution < 1.29 is 19.1 Å². The third-order valence-electron chi connectivity index (χ3n) is 3.80. The molecule has 1 fully saturated rings. The molecule has 1 heterocycles. The first-order chi connectivity index (χ1) is 11.5. The maximum atomic E-state index is 11.8. The van der Waals surface area contributed by atoms with Crippen LogP contribution in [0.15, 0.2) is 29.4 Å². The summed E-state index contributed by atoms with van der Waals surface area (Å²) in [5.74, 6) is -0.923. The third kappa shape index (κ3) is 4.39. The van der Waals surface area contributed by atoms with Crippen LogP contribution >= 0.6 is 0 Å². The zero-order valence-corrected chi connectivity index (χ0v) is 13.7. The van der Waals surface area contributed by atoms with Crippen molar-refractivity contribution in [3.05, 3.63) is 40.3 Å². The number of benzene rings is 1. The van der Waals surface area contributed by atoms with Crippen LogP contribution in [-0.2, 0) is 14.3 Å². The normalized spacial score (nSPS) is 17.8. The molecule has 8 nitrogen and oxygen atoms in total. The molecular weight excluding hydrogens is 312 g/mol. The van der Waals surface area contributed by atoms with Gasteiger partial charge in [0.15, 0.2) is 6.23 Å². The van der Waals surface area contributed by atoms with E-state index < -0.39 is 12.2 Å². The fourth-order valence-corrected chi connectivity index (χ4v) is 2.73. The van der Waals surface area contributed by atoms with Gasteiger partial charge in [-0.05, 0) is 42.2 Å². The fraction of sp³-hybridized carbons (Fsp3) is 0.500. The monoisotopic (exact) mass is 332 g/mol. The van der Waals surface area contributed by atoms with Crippen molar-refractivity contribution in [1.29, 1.82) is 0 Å². The first-order valence-corrected chi connectivity index (χ1v) is 7.78. The van der Waals surface area contributed by atoms with Gasteiger partial charge >= 0.3 is 11.9 Å². The minimum absolute atomic E-state index is 0.0870. The van der Waals surface area contributed by atoms with E-state index in [1.165, 1.54) is 6.92 Å². The number of anilines is 1. The predicted octanol–water partition coefficient (Wildman–Crippen LogP) is 2.89. The molecule has 2 rings (SSSR count). The van der Waals surface area contributed by atoms with Crippen LogP contribution in [0.1, 0.15) is 30.6 Å². The van der Waals surface area contributed by atoms with Crippen LogP contribution in [0.25, 0.3) is 10.4 Å². The molecule has 1 aliphatic heterocycles. The highest BCUT2D eigenvalue weighted by Gasteiger charge is 2.31. The Hall–Kier alpha value is -2.73. The summed E-state index contributed by atoms with van der Waals surface area (Å²) >= 11 is 0. The highest BCUT2D eigenvalue weighted by atomic mass is 16.6. The summed E-state index contributed by atoms with van der Waals surface area (Å²) in [6, 6.07) is 7.18. The molecule has 0 saturated carbocycles. The SMILES string of the molecule is CCOC(=O)c1cccc(N2CC[C@H](C(N=[N+]=[N-])OC(C)=O)C2)c1. The van der Waals surface area contributed by atoms with Crippen LogP contribution < -0.4 is 4.90 Å². The molecule has 1 aromatic rings. The lowest BCUT2D eigenvalue weighted by Crippen LogP contribution is -2.27. The average Bonchev–Trinajstić information content (AvgIpc) is 3.04. The number of esters is 2. The molecule has 1 aromatic carbocycles. The van der Waals surface area contributed by atoms with Gasteiger partial charge in [0.2, 0.25) is 0 Å². The Morgan fingerprint density at radius 1 is 1.50 bits per heavy atom. The number of hydrogen-bond donors (Lipinski definition) is 0. The molecule has 1 aliphatic rings. The molecule has 2 atom stereocenters. The number of rotatable bonds is 6. The number of ether oxygens (including phenoxy) is 2. The molecule has 0 radical (unpaired) electrons. The largest absolute Gasteiger partial charge is 0.462 e. The van der Waals surface area contributed by atoms with Crippen molar-refractivity contribution in [1.82, 2.24) is 0 Å². The number of nitrogens with zero attached hydrogens (tertiary/aromatic N) is 4. The molecular formula is C16H20N4O4. The van der Waals surface area contributed by atoms with Gasteiger partial charge in [-0.3, -0.25) is 4.79 Å². The predicted molar refractivity (Wildman–Crippen MR) is 87.4 cm³/mol. The highest BCUT2D eigenvalue weighted by molar-refractivity contribution is 5.90. The van der Waals surface area contributed by atoms with E-state index in [1.807, 2.05) is 6.07 Å². The van der Waals surface area contributed by atoms with E-state index in [0.29, 0.717) is 18.7 Å². The summed E-state index contributed by atoms with van der Waals surface area (Å²) in [7, 11) is 0. The van der Waals surface area contributed by atoms with Gasteiger partial charge in [0.05, 0.1) is 12.2 Å². The second-order valence-electron chi connectivity index (χ2n) is 5.47. The van der Waals surface area contributed by atoms with Crippen molar-refractivity contribution in [3.63, 3.8) is 0 Å². The van der Waals surface area contributed by atoms with Gasteiger partial charge < -0.3 is 14.4 Å². The molecule has 0 amide bonds. The summed E-state index contributed by atoms with van der Waals surface area (Å²) < 4.78 is 10.1. The van der Waals surface area contributed by atoms with Gasteiger partial charge in [-0.15, -0.1) is 0 Å². The molecule has 8 heteroatoms. The molecule has 1 unspecified atom stereocenters. The van der Waals surface area contributed by atoms with Gasteiger partial charge in [0.25, 0.3) is 0 Å². The standard InChI is InChI=1S/C16H20N4O4/c1-3-23-16(22)12-5-4-6-14(9-12)20-8-7-13(10-20)15(18-19-17)24-11(2)21/h4-6,9,13,15H,3,7-8,10H2,1-2H3/t13-,15?/m0/s1. The van der Waals surface area contributed by atoms with Gasteiger partial charge in [0, 0.05) is 36.5 Å². The summed E-state index contributed by atoms with van der Waals surface area (Å²) in [5, 5.41) is 3.58. The molecule has 128 valence electrons. The number of azide groups is 1. The third-order valence-corrected chi connectivity index (χ3v) is 3.80. The van der Waals surface area contributed by atoms with E-state index in [-0.39, 0.29) is 11.9 Å². The Morgan fingerprint density at radius 2 is 2.29 bits per heavy atom. The van der Waals surface area contributed by atoms with E-state index in [9.17, 15) is 9.59 Å².